The molecule has 0 aromatic heterocycles. The highest BCUT2D eigenvalue weighted by Crippen LogP contribution is 2.30. The van der Waals surface area contributed by atoms with Crippen molar-refractivity contribution >= 4 is 17.7 Å². The van der Waals surface area contributed by atoms with Gasteiger partial charge in [-0.15, -0.1) is 11.8 Å². The highest BCUT2D eigenvalue weighted by molar-refractivity contribution is 7.99. The van der Waals surface area contributed by atoms with Crippen molar-refractivity contribution in [3.63, 3.8) is 0 Å². The number of carbonyl (C=O) groups is 1. The van der Waals surface area contributed by atoms with Crippen LogP contribution in [0.3, 0.4) is 0 Å². The van der Waals surface area contributed by atoms with E-state index in [1.807, 2.05) is 11.9 Å². The summed E-state index contributed by atoms with van der Waals surface area (Å²) < 4.78 is 5.72. The molecule has 2 saturated heterocycles. The summed E-state index contributed by atoms with van der Waals surface area (Å²) in [7, 11) is 1.91. The lowest BCUT2D eigenvalue weighted by molar-refractivity contribution is -0.211. The largest absolute Gasteiger partial charge is 0.391 e. The molecule has 0 aliphatic carbocycles. The van der Waals surface area contributed by atoms with Gasteiger partial charge in [-0.3, -0.25) is 9.69 Å². The van der Waals surface area contributed by atoms with Gasteiger partial charge in [-0.2, -0.15) is 0 Å². The van der Waals surface area contributed by atoms with Crippen molar-refractivity contribution in [2.45, 2.75) is 81.1 Å². The Labute approximate surface area is 165 Å². The van der Waals surface area contributed by atoms with Crippen LogP contribution >= 0.6 is 11.8 Å². The van der Waals surface area contributed by atoms with Gasteiger partial charge in [0, 0.05) is 6.54 Å². The molecule has 9 atom stereocenters. The molecule has 1 amide bonds. The zero-order valence-electron chi connectivity index (χ0n) is 16.5. The molecule has 8 nitrogen and oxygen atoms in total. The number of nitrogens with zero attached hydrogens (tertiary/aromatic N) is 1. The monoisotopic (exact) mass is 406 g/mol. The van der Waals surface area contributed by atoms with Crippen LogP contribution in [0.4, 0.5) is 0 Å². The zero-order valence-corrected chi connectivity index (χ0v) is 17.3. The second-order valence-corrected chi connectivity index (χ2v) is 8.73. The minimum Gasteiger partial charge on any atom is -0.391 e. The highest BCUT2D eigenvalue weighted by Gasteiger charge is 2.48. The zero-order chi connectivity index (χ0) is 20.3. The van der Waals surface area contributed by atoms with Crippen molar-refractivity contribution < 1.29 is 30.0 Å². The third-order valence-electron chi connectivity index (χ3n) is 5.66. The lowest BCUT2D eigenvalue weighted by Crippen LogP contribution is -2.65. The van der Waals surface area contributed by atoms with Crippen molar-refractivity contribution in [2.24, 2.45) is 5.92 Å². The molecule has 27 heavy (non-hydrogen) atoms. The fourth-order valence-corrected chi connectivity index (χ4v) is 4.81. The van der Waals surface area contributed by atoms with E-state index >= 15 is 0 Å². The quantitative estimate of drug-likeness (QED) is 0.370. The number of aliphatic hydroxyl groups excluding tert-OH is 4. The third-order valence-corrected chi connectivity index (χ3v) is 6.51. The number of likely N-dealkylation sites (N-methyl/N-ethyl adjacent to an activating group) is 1. The molecule has 0 saturated carbocycles. The molecule has 2 fully saturated rings. The summed E-state index contributed by atoms with van der Waals surface area (Å²) in [6.07, 6.45) is -1.50. The Morgan fingerprint density at radius 3 is 2.52 bits per heavy atom. The Balaban J connectivity index is 2.09. The number of hydrogen-bond donors (Lipinski definition) is 5. The molecule has 2 rings (SSSR count). The van der Waals surface area contributed by atoms with Crippen LogP contribution < -0.4 is 5.32 Å². The normalized spacial score (nSPS) is 39.9. The first-order chi connectivity index (χ1) is 12.7. The van der Waals surface area contributed by atoms with E-state index in [0.29, 0.717) is 5.92 Å². The molecular weight excluding hydrogens is 372 g/mol. The number of rotatable bonds is 7. The van der Waals surface area contributed by atoms with E-state index in [2.05, 4.69) is 12.2 Å². The maximum atomic E-state index is 12.8. The van der Waals surface area contributed by atoms with Gasteiger partial charge in [-0.05, 0) is 39.0 Å². The van der Waals surface area contributed by atoms with E-state index in [4.69, 9.17) is 4.74 Å². The lowest BCUT2D eigenvalue weighted by Gasteiger charge is -2.44. The van der Waals surface area contributed by atoms with Crippen molar-refractivity contribution in [1.29, 1.82) is 0 Å². The van der Waals surface area contributed by atoms with Gasteiger partial charge in [-0.1, -0.05) is 13.3 Å². The van der Waals surface area contributed by atoms with Gasteiger partial charge >= 0.3 is 0 Å². The topological polar surface area (TPSA) is 122 Å². The Bertz CT molecular complexity index is 494. The van der Waals surface area contributed by atoms with E-state index in [1.54, 1.807) is 6.26 Å². The van der Waals surface area contributed by atoms with Crippen LogP contribution in [0.5, 0.6) is 0 Å². The molecule has 2 aliphatic heterocycles. The van der Waals surface area contributed by atoms with Gasteiger partial charge in [0.25, 0.3) is 0 Å². The number of ether oxygens (including phenoxy) is 1. The van der Waals surface area contributed by atoms with Crippen LogP contribution in [0.2, 0.25) is 0 Å². The van der Waals surface area contributed by atoms with Crippen LogP contribution in [0.15, 0.2) is 0 Å². The molecule has 5 N–H and O–H groups in total. The minimum atomic E-state index is -1.42. The second kappa shape index (κ2) is 9.87. The standard InChI is InChI=1S/C18H34N2O6S/c1-5-6-10-7-11(20(3)8-10)17(25)19-12(9(2)21)16-14(23)13(22)15(24)18(26-16)27-4/h9-16,18,21-24H,5-8H2,1-4H3,(H,19,25)/t9-,10-,11+,12+,13+,14-,15-,16+,18-/m1/s1. The Hall–Kier alpha value is -0.420. The highest BCUT2D eigenvalue weighted by atomic mass is 32.2. The summed E-state index contributed by atoms with van der Waals surface area (Å²) in [6.45, 7) is 4.48. The Kier molecular flexibility index (Phi) is 8.35. The molecule has 0 spiro atoms. The number of thioether (sulfide) groups is 1. The minimum absolute atomic E-state index is 0.223. The number of carbonyl (C=O) groups excluding carboxylic acids is 1. The van der Waals surface area contributed by atoms with Crippen molar-refractivity contribution in [2.75, 3.05) is 19.8 Å². The lowest BCUT2D eigenvalue weighted by atomic mass is 9.92. The fourth-order valence-electron chi connectivity index (χ4n) is 4.13. The van der Waals surface area contributed by atoms with Crippen LogP contribution in [0.1, 0.15) is 33.1 Å². The summed E-state index contributed by atoms with van der Waals surface area (Å²) in [5.41, 5.74) is -0.755. The molecule has 2 aliphatic rings. The van der Waals surface area contributed by atoms with Gasteiger partial charge in [0.15, 0.2) is 0 Å². The van der Waals surface area contributed by atoms with E-state index in [0.717, 1.165) is 25.8 Å². The Morgan fingerprint density at radius 2 is 1.96 bits per heavy atom. The van der Waals surface area contributed by atoms with Crippen molar-refractivity contribution in [3.8, 4) is 0 Å². The molecule has 9 heteroatoms. The molecule has 0 aromatic rings. The first kappa shape index (κ1) is 22.9. The smallest absolute Gasteiger partial charge is 0.237 e. The van der Waals surface area contributed by atoms with E-state index in [-0.39, 0.29) is 11.9 Å². The molecule has 0 unspecified atom stereocenters. The molecule has 158 valence electrons. The van der Waals surface area contributed by atoms with Crippen LogP contribution in [0, 0.1) is 5.92 Å². The SMILES string of the molecule is CCC[C@@H]1C[C@@H](C(=O)N[C@H]([C@@H]2O[C@H](SC)[C@H](O)[C@@H](O)[C@H]2O)[C@@H](C)O)N(C)C1. The van der Waals surface area contributed by atoms with Crippen molar-refractivity contribution in [1.82, 2.24) is 10.2 Å². The van der Waals surface area contributed by atoms with Crippen molar-refractivity contribution in [3.05, 3.63) is 0 Å². The number of amides is 1. The average molecular weight is 407 g/mol. The average Bonchev–Trinajstić information content (AvgIpc) is 2.99. The van der Waals surface area contributed by atoms with E-state index in [1.165, 1.54) is 18.7 Å². The molecular formula is C18H34N2O6S. The maximum absolute atomic E-state index is 12.8. The molecule has 0 bridgehead atoms. The number of likely N-dealkylation sites (tertiary alicyclic amines) is 1. The van der Waals surface area contributed by atoms with Gasteiger partial charge in [0.05, 0.1) is 18.2 Å². The number of aliphatic hydroxyl groups is 4. The van der Waals surface area contributed by atoms with Crippen LogP contribution in [0.25, 0.3) is 0 Å². The number of hydrogen-bond acceptors (Lipinski definition) is 8. The van der Waals surface area contributed by atoms with E-state index < -0.39 is 42.0 Å². The Morgan fingerprint density at radius 1 is 1.30 bits per heavy atom. The third kappa shape index (κ3) is 5.14. The number of nitrogens with one attached hydrogen (secondary N) is 1. The molecule has 0 radical (unpaired) electrons. The van der Waals surface area contributed by atoms with Gasteiger partial charge < -0.3 is 30.5 Å². The summed E-state index contributed by atoms with van der Waals surface area (Å²) in [4.78, 5) is 14.9. The first-order valence-corrected chi connectivity index (χ1v) is 10.9. The predicted octanol–water partition coefficient (Wildman–Crippen LogP) is -0.857. The summed E-state index contributed by atoms with van der Waals surface area (Å²) in [5.74, 6) is 0.245. The van der Waals surface area contributed by atoms with Gasteiger partial charge in [0.1, 0.15) is 29.9 Å². The summed E-state index contributed by atoms with van der Waals surface area (Å²) in [5, 5.41) is 43.5. The van der Waals surface area contributed by atoms with E-state index in [9.17, 15) is 25.2 Å². The fraction of sp³-hybridized carbons (Fsp3) is 0.944. The maximum Gasteiger partial charge on any atom is 0.237 e. The van der Waals surface area contributed by atoms with Crippen LogP contribution in [-0.4, -0.2) is 99.1 Å². The second-order valence-electron chi connectivity index (χ2n) is 7.80. The van der Waals surface area contributed by atoms with Gasteiger partial charge in [-0.25, -0.2) is 0 Å². The first-order valence-electron chi connectivity index (χ1n) is 9.62. The summed E-state index contributed by atoms with van der Waals surface area (Å²) >= 11 is 1.20. The van der Waals surface area contributed by atoms with Crippen LogP contribution in [-0.2, 0) is 9.53 Å². The predicted molar refractivity (Wildman–Crippen MR) is 103 cm³/mol. The summed E-state index contributed by atoms with van der Waals surface area (Å²) in [6, 6.07) is -1.20. The van der Waals surface area contributed by atoms with Gasteiger partial charge in [0.2, 0.25) is 5.91 Å². The molecule has 0 aromatic carbocycles. The molecule has 2 heterocycles.